The third kappa shape index (κ3) is 7.26. The van der Waals surface area contributed by atoms with Crippen molar-refractivity contribution in [2.75, 3.05) is 20.3 Å². The van der Waals surface area contributed by atoms with Crippen molar-refractivity contribution in [3.05, 3.63) is 70.8 Å². The van der Waals surface area contributed by atoms with E-state index < -0.39 is 30.0 Å². The molecule has 9 heteroatoms. The third-order valence-electron chi connectivity index (χ3n) is 8.53. The summed E-state index contributed by atoms with van der Waals surface area (Å²) in [7, 11) is 1.58. The van der Waals surface area contributed by atoms with E-state index in [0.717, 1.165) is 47.9 Å². The van der Waals surface area contributed by atoms with E-state index in [1.807, 2.05) is 43.3 Å². The average molecular weight is 574 g/mol. The van der Waals surface area contributed by atoms with Gasteiger partial charge in [-0.1, -0.05) is 62.1 Å². The minimum atomic E-state index is -0.946. The molecule has 0 aromatic heterocycles. The molecule has 222 valence electrons. The van der Waals surface area contributed by atoms with E-state index in [2.05, 4.69) is 16.0 Å². The topological polar surface area (TPSA) is 126 Å². The first-order chi connectivity index (χ1) is 20.3. The molecule has 1 saturated carbocycles. The van der Waals surface area contributed by atoms with Crippen LogP contribution in [0.4, 0.5) is 0 Å². The summed E-state index contributed by atoms with van der Waals surface area (Å²) in [6, 6.07) is 13.5. The number of amides is 3. The number of carbonyl (C=O) groups is 4. The molecule has 2 fully saturated rings. The Labute approximate surface area is 246 Å². The summed E-state index contributed by atoms with van der Waals surface area (Å²) in [4.78, 5) is 52.7. The lowest BCUT2D eigenvalue weighted by atomic mass is 9.94. The molecule has 0 radical (unpaired) electrons. The molecule has 2 aromatic carbocycles. The molecule has 1 heterocycles. The molecule has 3 amide bonds. The van der Waals surface area contributed by atoms with E-state index in [1.54, 1.807) is 19.2 Å². The minimum Gasteiger partial charge on any atom is -0.497 e. The predicted octanol–water partition coefficient (Wildman–Crippen LogP) is 2.90. The number of fused-ring (bicyclic) bond motifs is 1. The van der Waals surface area contributed by atoms with Crippen LogP contribution in [0.1, 0.15) is 55.7 Å². The van der Waals surface area contributed by atoms with Crippen LogP contribution < -0.4 is 20.7 Å². The fraction of sp³-hybridized carbons (Fsp3) is 0.455. The molecule has 2 aliphatic carbocycles. The van der Waals surface area contributed by atoms with Crippen LogP contribution >= 0.6 is 0 Å². The van der Waals surface area contributed by atoms with Gasteiger partial charge < -0.3 is 25.4 Å². The summed E-state index contributed by atoms with van der Waals surface area (Å²) in [5.41, 5.74) is 4.47. The number of ether oxygens (including phenoxy) is 2. The maximum absolute atomic E-state index is 13.6. The second-order valence-electron chi connectivity index (χ2n) is 11.5. The van der Waals surface area contributed by atoms with Gasteiger partial charge in [0.05, 0.1) is 26.3 Å². The summed E-state index contributed by atoms with van der Waals surface area (Å²) >= 11 is 0. The van der Waals surface area contributed by atoms with Gasteiger partial charge in [-0.2, -0.15) is 0 Å². The Hall–Kier alpha value is -3.98. The van der Waals surface area contributed by atoms with Gasteiger partial charge in [0, 0.05) is 18.4 Å². The highest BCUT2D eigenvalue weighted by Crippen LogP contribution is 2.32. The van der Waals surface area contributed by atoms with Gasteiger partial charge in [-0.15, -0.1) is 0 Å². The van der Waals surface area contributed by atoms with Gasteiger partial charge in [0.15, 0.2) is 5.78 Å². The van der Waals surface area contributed by atoms with E-state index in [-0.39, 0.29) is 24.7 Å². The fourth-order valence-electron chi connectivity index (χ4n) is 6.03. The van der Waals surface area contributed by atoms with Crippen LogP contribution in [0.15, 0.2) is 54.1 Å². The average Bonchev–Trinajstić information content (AvgIpc) is 3.62. The number of hydrogen-bond donors (Lipinski definition) is 3. The van der Waals surface area contributed by atoms with Crippen molar-refractivity contribution >= 4 is 29.1 Å². The molecule has 0 unspecified atom stereocenters. The van der Waals surface area contributed by atoms with Crippen LogP contribution in [0.2, 0.25) is 0 Å². The van der Waals surface area contributed by atoms with Crippen molar-refractivity contribution in [1.82, 2.24) is 16.0 Å². The smallest absolute Gasteiger partial charge is 0.248 e. The quantitative estimate of drug-likeness (QED) is 0.317. The van der Waals surface area contributed by atoms with Crippen molar-refractivity contribution in [2.24, 2.45) is 5.92 Å². The van der Waals surface area contributed by atoms with Crippen LogP contribution in [0.3, 0.4) is 0 Å². The first-order valence-corrected chi connectivity index (χ1v) is 14.8. The van der Waals surface area contributed by atoms with Crippen LogP contribution in [-0.4, -0.2) is 62.0 Å². The molecule has 1 saturated heterocycles. The number of rotatable bonds is 13. The van der Waals surface area contributed by atoms with E-state index >= 15 is 0 Å². The molecular weight excluding hydrogens is 534 g/mol. The van der Waals surface area contributed by atoms with Crippen molar-refractivity contribution in [2.45, 2.75) is 70.1 Å². The Morgan fingerprint density at radius 3 is 2.36 bits per heavy atom. The summed E-state index contributed by atoms with van der Waals surface area (Å²) in [5, 5.41) is 8.45. The number of carbonyl (C=O) groups excluding carboxylic acids is 4. The van der Waals surface area contributed by atoms with Crippen molar-refractivity contribution in [3.63, 3.8) is 0 Å². The molecule has 5 rings (SSSR count). The number of benzene rings is 2. The maximum atomic E-state index is 13.6. The fourth-order valence-corrected chi connectivity index (χ4v) is 6.03. The summed E-state index contributed by atoms with van der Waals surface area (Å²) < 4.78 is 10.5. The molecule has 1 aliphatic heterocycles. The maximum Gasteiger partial charge on any atom is 0.248 e. The Morgan fingerprint density at radius 1 is 0.976 bits per heavy atom. The number of nitrogens with one attached hydrogen (secondary N) is 3. The summed E-state index contributed by atoms with van der Waals surface area (Å²) in [6.45, 7) is 2.01. The van der Waals surface area contributed by atoms with Gasteiger partial charge in [0.1, 0.15) is 17.9 Å². The number of methoxy groups -OCH3 is 1. The number of hydrogen-bond acceptors (Lipinski definition) is 6. The van der Waals surface area contributed by atoms with Crippen LogP contribution in [0.25, 0.3) is 5.57 Å². The van der Waals surface area contributed by atoms with Gasteiger partial charge in [-0.05, 0) is 53.7 Å². The van der Waals surface area contributed by atoms with E-state index in [0.29, 0.717) is 36.7 Å². The summed E-state index contributed by atoms with van der Waals surface area (Å²) in [5.74, 6) is -0.290. The second kappa shape index (κ2) is 13.3. The van der Waals surface area contributed by atoms with E-state index in [9.17, 15) is 19.2 Å². The normalized spacial score (nSPS) is 19.0. The highest BCUT2D eigenvalue weighted by molar-refractivity contribution is 6.05. The number of allylic oxidation sites excluding steroid dienone is 1. The summed E-state index contributed by atoms with van der Waals surface area (Å²) in [6.07, 6.45) is 5.16. The lowest BCUT2D eigenvalue weighted by molar-refractivity contribution is -0.132. The standard InChI is InChI=1S/C33H39N3O6/c1-20-25-10-6-5-9-23(25)17-26(20)32(39)34-18-30(37)35-28(16-22-11-13-24(41-2)14-12-22)33(40)36-27(31(38)29-19-42-29)15-21-7-3-4-8-21/h5-6,9-14,21,27-29H,3-4,7-8,15-19H2,1-2H3,(H,34,39)(H,35,37)(H,36,40)/t27-,28-,29+/m0/s1. The molecule has 42 heavy (non-hydrogen) atoms. The van der Waals surface area contributed by atoms with Gasteiger partial charge in [0.2, 0.25) is 17.7 Å². The predicted molar refractivity (Wildman–Crippen MR) is 158 cm³/mol. The number of ketones is 1. The van der Waals surface area contributed by atoms with Gasteiger partial charge in [-0.25, -0.2) is 0 Å². The zero-order valence-corrected chi connectivity index (χ0v) is 24.2. The number of Topliss-reactive ketones (excluding diaryl/α,β-unsaturated/α-hetero) is 1. The first-order valence-electron chi connectivity index (χ1n) is 14.8. The SMILES string of the molecule is COc1ccc(C[C@H](NC(=O)CNC(=O)C2=C(C)c3ccccc3C2)C(=O)N[C@@H](CC2CCCC2)C(=O)[C@H]2CO2)cc1. The van der Waals surface area contributed by atoms with Gasteiger partial charge >= 0.3 is 0 Å². The molecule has 3 aliphatic rings. The van der Waals surface area contributed by atoms with E-state index in [4.69, 9.17) is 9.47 Å². The first kappa shape index (κ1) is 29.5. The second-order valence-corrected chi connectivity index (χ2v) is 11.5. The van der Waals surface area contributed by atoms with Gasteiger partial charge in [0.25, 0.3) is 0 Å². The van der Waals surface area contributed by atoms with Crippen LogP contribution in [-0.2, 0) is 36.8 Å². The molecule has 0 spiro atoms. The Morgan fingerprint density at radius 2 is 1.69 bits per heavy atom. The van der Waals surface area contributed by atoms with Crippen LogP contribution in [0, 0.1) is 5.92 Å². The zero-order valence-electron chi connectivity index (χ0n) is 24.2. The molecule has 2 aromatic rings. The molecule has 9 nitrogen and oxygen atoms in total. The highest BCUT2D eigenvalue weighted by atomic mass is 16.6. The van der Waals surface area contributed by atoms with Crippen LogP contribution in [0.5, 0.6) is 5.75 Å². The zero-order chi connectivity index (χ0) is 29.6. The lowest BCUT2D eigenvalue weighted by Crippen LogP contribution is -2.54. The monoisotopic (exact) mass is 573 g/mol. The molecule has 3 atom stereocenters. The van der Waals surface area contributed by atoms with Crippen molar-refractivity contribution in [3.8, 4) is 5.75 Å². The molecular formula is C33H39N3O6. The Balaban J connectivity index is 1.24. The third-order valence-corrected chi connectivity index (χ3v) is 8.53. The molecule has 0 bridgehead atoms. The lowest BCUT2D eigenvalue weighted by Gasteiger charge is -2.24. The Bertz CT molecular complexity index is 1360. The molecule has 3 N–H and O–H groups in total. The Kier molecular flexibility index (Phi) is 9.37. The van der Waals surface area contributed by atoms with Crippen molar-refractivity contribution in [1.29, 1.82) is 0 Å². The number of epoxide rings is 1. The minimum absolute atomic E-state index is 0.113. The van der Waals surface area contributed by atoms with E-state index in [1.165, 1.54) is 0 Å². The van der Waals surface area contributed by atoms with Crippen molar-refractivity contribution < 1.29 is 28.7 Å². The van der Waals surface area contributed by atoms with Gasteiger partial charge in [-0.3, -0.25) is 19.2 Å². The highest BCUT2D eigenvalue weighted by Gasteiger charge is 2.39. The largest absolute Gasteiger partial charge is 0.497 e.